The fourth-order valence-electron chi connectivity index (χ4n) is 1.69. The second-order valence-electron chi connectivity index (χ2n) is 4.23. The van der Waals surface area contributed by atoms with Crippen LogP contribution in [0.3, 0.4) is 0 Å². The first-order valence-corrected chi connectivity index (χ1v) is 5.85. The Bertz CT molecular complexity index is 435. The monoisotopic (exact) mass is 254 g/mol. The lowest BCUT2D eigenvalue weighted by Crippen LogP contribution is -2.38. The molecule has 1 rings (SSSR count). The molecule has 3 N–H and O–H groups in total. The first-order chi connectivity index (χ1) is 8.49. The van der Waals surface area contributed by atoms with E-state index in [4.69, 9.17) is 10.5 Å². The lowest BCUT2D eigenvalue weighted by atomic mass is 10.1. The third-order valence-corrected chi connectivity index (χ3v) is 2.72. The van der Waals surface area contributed by atoms with Gasteiger partial charge in [-0.2, -0.15) is 0 Å². The number of nitrogens with two attached hydrogens (primary N) is 1. The number of anilines is 1. The van der Waals surface area contributed by atoms with Crippen molar-refractivity contribution in [3.05, 3.63) is 29.1 Å². The summed E-state index contributed by atoms with van der Waals surface area (Å²) in [6.45, 7) is 3.89. The molecule has 100 valence electrons. The number of carbonyl (C=O) groups excluding carboxylic acids is 1. The Morgan fingerprint density at radius 3 is 2.78 bits per heavy atom. The standard InChI is InChI=1S/C13H19FN2O2/c1-4-10(7-18-3)16-13(17)11-6-9(15)5-8(2)12(11)14/h5-6,10H,4,7,15H2,1-3H3,(H,16,17). The van der Waals surface area contributed by atoms with Crippen LogP contribution in [-0.4, -0.2) is 25.7 Å². The average molecular weight is 254 g/mol. The molecule has 1 atom stereocenters. The van der Waals surface area contributed by atoms with E-state index in [-0.39, 0.29) is 11.6 Å². The van der Waals surface area contributed by atoms with Gasteiger partial charge in [-0.3, -0.25) is 4.79 Å². The number of amides is 1. The van der Waals surface area contributed by atoms with Crippen LogP contribution < -0.4 is 11.1 Å². The second kappa shape index (κ2) is 6.35. The number of nitrogen functional groups attached to an aromatic ring is 1. The lowest BCUT2D eigenvalue weighted by Gasteiger charge is -2.16. The Hall–Kier alpha value is -1.62. The number of benzene rings is 1. The predicted molar refractivity (Wildman–Crippen MR) is 69.0 cm³/mol. The Labute approximate surface area is 106 Å². The molecule has 0 aromatic heterocycles. The van der Waals surface area contributed by atoms with Crippen LogP contribution in [0.25, 0.3) is 0 Å². The molecule has 0 fully saturated rings. The van der Waals surface area contributed by atoms with Crippen molar-refractivity contribution in [3.63, 3.8) is 0 Å². The number of halogens is 1. The molecular formula is C13H19FN2O2. The number of hydrogen-bond donors (Lipinski definition) is 2. The van der Waals surface area contributed by atoms with Crippen LogP contribution in [-0.2, 0) is 4.74 Å². The lowest BCUT2D eigenvalue weighted by molar-refractivity contribution is 0.0890. The third-order valence-electron chi connectivity index (χ3n) is 2.72. The van der Waals surface area contributed by atoms with E-state index in [2.05, 4.69) is 5.32 Å². The highest BCUT2D eigenvalue weighted by atomic mass is 19.1. The summed E-state index contributed by atoms with van der Waals surface area (Å²) >= 11 is 0. The van der Waals surface area contributed by atoms with Gasteiger partial charge in [0.15, 0.2) is 0 Å². The van der Waals surface area contributed by atoms with E-state index in [1.807, 2.05) is 6.92 Å². The highest BCUT2D eigenvalue weighted by molar-refractivity contribution is 5.95. The van der Waals surface area contributed by atoms with Gasteiger partial charge in [-0.1, -0.05) is 6.92 Å². The van der Waals surface area contributed by atoms with Crippen molar-refractivity contribution in [1.29, 1.82) is 0 Å². The van der Waals surface area contributed by atoms with Gasteiger partial charge in [-0.15, -0.1) is 0 Å². The summed E-state index contributed by atoms with van der Waals surface area (Å²) in [6.07, 6.45) is 0.711. The zero-order valence-corrected chi connectivity index (χ0v) is 10.9. The van der Waals surface area contributed by atoms with E-state index < -0.39 is 11.7 Å². The van der Waals surface area contributed by atoms with Crippen molar-refractivity contribution in [1.82, 2.24) is 5.32 Å². The molecule has 1 amide bonds. The fraction of sp³-hybridized carbons (Fsp3) is 0.462. The molecule has 4 nitrogen and oxygen atoms in total. The minimum atomic E-state index is -0.533. The number of ether oxygens (including phenoxy) is 1. The zero-order chi connectivity index (χ0) is 13.7. The van der Waals surface area contributed by atoms with E-state index in [0.29, 0.717) is 24.3 Å². The maximum atomic E-state index is 13.8. The van der Waals surface area contributed by atoms with Crippen molar-refractivity contribution in [2.24, 2.45) is 0 Å². The van der Waals surface area contributed by atoms with Crippen LogP contribution in [0.5, 0.6) is 0 Å². The minimum Gasteiger partial charge on any atom is -0.399 e. The Balaban J connectivity index is 2.90. The van der Waals surface area contributed by atoms with Gasteiger partial charge in [0.05, 0.1) is 18.2 Å². The number of rotatable bonds is 5. The van der Waals surface area contributed by atoms with Crippen LogP contribution in [0.15, 0.2) is 12.1 Å². The van der Waals surface area contributed by atoms with E-state index >= 15 is 0 Å². The Kier molecular flexibility index (Phi) is 5.09. The quantitative estimate of drug-likeness (QED) is 0.788. The summed E-state index contributed by atoms with van der Waals surface area (Å²) in [5.41, 5.74) is 6.33. The van der Waals surface area contributed by atoms with E-state index in [1.165, 1.54) is 12.1 Å². The fourth-order valence-corrected chi connectivity index (χ4v) is 1.69. The predicted octanol–water partition coefficient (Wildman–Crippen LogP) is 1.87. The maximum Gasteiger partial charge on any atom is 0.254 e. The zero-order valence-electron chi connectivity index (χ0n) is 10.9. The highest BCUT2D eigenvalue weighted by Crippen LogP contribution is 2.17. The molecule has 0 saturated heterocycles. The Morgan fingerprint density at radius 1 is 1.56 bits per heavy atom. The van der Waals surface area contributed by atoms with Gasteiger partial charge in [0, 0.05) is 12.8 Å². The third kappa shape index (κ3) is 3.43. The van der Waals surface area contributed by atoms with Crippen LogP contribution in [0.1, 0.15) is 29.3 Å². The average Bonchev–Trinajstić information content (AvgIpc) is 2.32. The number of methoxy groups -OCH3 is 1. The van der Waals surface area contributed by atoms with Gasteiger partial charge in [-0.25, -0.2) is 4.39 Å². The van der Waals surface area contributed by atoms with Gasteiger partial charge >= 0.3 is 0 Å². The largest absolute Gasteiger partial charge is 0.399 e. The summed E-state index contributed by atoms with van der Waals surface area (Å²) in [6, 6.07) is 2.71. The molecule has 0 aliphatic carbocycles. The molecule has 18 heavy (non-hydrogen) atoms. The van der Waals surface area contributed by atoms with Crippen LogP contribution in [0.4, 0.5) is 10.1 Å². The second-order valence-corrected chi connectivity index (χ2v) is 4.23. The number of hydrogen-bond acceptors (Lipinski definition) is 3. The van der Waals surface area contributed by atoms with E-state index in [0.717, 1.165) is 0 Å². The normalized spacial score (nSPS) is 12.2. The molecule has 0 spiro atoms. The van der Waals surface area contributed by atoms with Crippen molar-refractivity contribution in [2.45, 2.75) is 26.3 Å². The van der Waals surface area contributed by atoms with Crippen LogP contribution >= 0.6 is 0 Å². The minimum absolute atomic E-state index is 0.0259. The molecule has 0 radical (unpaired) electrons. The number of aryl methyl sites for hydroxylation is 1. The molecular weight excluding hydrogens is 235 g/mol. The molecule has 0 aliphatic rings. The van der Waals surface area contributed by atoms with Crippen molar-refractivity contribution in [2.75, 3.05) is 19.5 Å². The molecule has 0 aliphatic heterocycles. The summed E-state index contributed by atoms with van der Waals surface area (Å²) < 4.78 is 18.8. The molecule has 0 heterocycles. The molecule has 5 heteroatoms. The summed E-state index contributed by atoms with van der Waals surface area (Å²) in [7, 11) is 1.56. The van der Waals surface area contributed by atoms with Gasteiger partial charge in [0.1, 0.15) is 5.82 Å². The summed E-state index contributed by atoms with van der Waals surface area (Å²) in [4.78, 5) is 12.0. The van der Waals surface area contributed by atoms with E-state index in [1.54, 1.807) is 14.0 Å². The smallest absolute Gasteiger partial charge is 0.254 e. The molecule has 0 bridgehead atoms. The molecule has 0 saturated carbocycles. The van der Waals surface area contributed by atoms with Crippen LogP contribution in [0, 0.1) is 12.7 Å². The van der Waals surface area contributed by atoms with Crippen molar-refractivity contribution < 1.29 is 13.9 Å². The van der Waals surface area contributed by atoms with Gasteiger partial charge < -0.3 is 15.8 Å². The Morgan fingerprint density at radius 2 is 2.22 bits per heavy atom. The number of nitrogens with one attached hydrogen (secondary N) is 1. The summed E-state index contributed by atoms with van der Waals surface area (Å²) in [5.74, 6) is -0.999. The highest BCUT2D eigenvalue weighted by Gasteiger charge is 2.17. The number of carbonyl (C=O) groups is 1. The van der Waals surface area contributed by atoms with Gasteiger partial charge in [-0.05, 0) is 31.0 Å². The van der Waals surface area contributed by atoms with E-state index in [9.17, 15) is 9.18 Å². The summed E-state index contributed by atoms with van der Waals surface area (Å²) in [5, 5.41) is 2.72. The SMILES string of the molecule is CCC(COC)NC(=O)c1cc(N)cc(C)c1F. The van der Waals surface area contributed by atoms with Gasteiger partial charge in [0.2, 0.25) is 0 Å². The first kappa shape index (κ1) is 14.4. The van der Waals surface area contributed by atoms with Crippen molar-refractivity contribution >= 4 is 11.6 Å². The van der Waals surface area contributed by atoms with Gasteiger partial charge in [0.25, 0.3) is 5.91 Å². The topological polar surface area (TPSA) is 64.3 Å². The van der Waals surface area contributed by atoms with Crippen LogP contribution in [0.2, 0.25) is 0 Å². The molecule has 1 aromatic rings. The maximum absolute atomic E-state index is 13.8. The molecule has 1 unspecified atom stereocenters. The first-order valence-electron chi connectivity index (χ1n) is 5.85. The van der Waals surface area contributed by atoms with Crippen molar-refractivity contribution in [3.8, 4) is 0 Å². The molecule has 1 aromatic carbocycles.